The van der Waals surface area contributed by atoms with E-state index in [4.69, 9.17) is 9.84 Å². The molecule has 1 heterocycles. The van der Waals surface area contributed by atoms with Crippen LogP contribution in [0.5, 0.6) is 5.75 Å². The first kappa shape index (κ1) is 19.4. The van der Waals surface area contributed by atoms with E-state index in [1.54, 1.807) is 29.9 Å². The highest BCUT2D eigenvalue weighted by molar-refractivity contribution is 5.81. The Labute approximate surface area is 172 Å². The Kier molecular flexibility index (Phi) is 5.34. The van der Waals surface area contributed by atoms with Gasteiger partial charge in [0.05, 0.1) is 23.4 Å². The molecule has 1 aromatic heterocycles. The van der Waals surface area contributed by atoms with Gasteiger partial charge in [0, 0.05) is 5.39 Å². The zero-order valence-electron chi connectivity index (χ0n) is 16.2. The molecule has 2 N–H and O–H groups in total. The van der Waals surface area contributed by atoms with Crippen LogP contribution < -0.4 is 10.1 Å². The average Bonchev–Trinajstić information content (AvgIpc) is 3.16. The molecule has 0 unspecified atom stereocenters. The molecule has 0 spiro atoms. The van der Waals surface area contributed by atoms with Gasteiger partial charge in [-0.2, -0.15) is 5.10 Å². The average molecular weight is 405 g/mol. The van der Waals surface area contributed by atoms with Gasteiger partial charge >= 0.3 is 6.09 Å². The lowest BCUT2D eigenvalue weighted by atomic mass is 10.0. The van der Waals surface area contributed by atoms with E-state index < -0.39 is 18.2 Å². The highest BCUT2D eigenvalue weighted by Crippen LogP contribution is 2.29. The van der Waals surface area contributed by atoms with E-state index in [0.29, 0.717) is 5.75 Å². The molecule has 4 aromatic rings. The maximum atomic E-state index is 13.2. The minimum absolute atomic E-state index is 0.304. The normalized spacial score (nSPS) is 13.0. The summed E-state index contributed by atoms with van der Waals surface area (Å²) >= 11 is 0. The lowest BCUT2D eigenvalue weighted by molar-refractivity contribution is 0.146. The van der Waals surface area contributed by atoms with Crippen molar-refractivity contribution in [3.05, 3.63) is 90.4 Å². The fraction of sp³-hybridized carbons (Fsp3) is 0.130. The molecule has 152 valence electrons. The molecule has 0 aliphatic heterocycles. The molecule has 0 saturated heterocycles. The summed E-state index contributed by atoms with van der Waals surface area (Å²) in [6, 6.07) is 20.6. The third kappa shape index (κ3) is 4.10. The molecule has 6 nitrogen and oxygen atoms in total. The maximum Gasteiger partial charge on any atom is 0.405 e. The van der Waals surface area contributed by atoms with Gasteiger partial charge in [-0.15, -0.1) is 0 Å². The van der Waals surface area contributed by atoms with E-state index in [1.807, 2.05) is 48.5 Å². The lowest BCUT2D eigenvalue weighted by Gasteiger charge is -2.25. The summed E-state index contributed by atoms with van der Waals surface area (Å²) in [7, 11) is 0. The number of carbonyl (C=O) groups is 1. The number of benzene rings is 3. The van der Waals surface area contributed by atoms with Crippen LogP contribution in [0.25, 0.3) is 16.6 Å². The number of rotatable bonds is 6. The second-order valence-electron chi connectivity index (χ2n) is 6.94. The van der Waals surface area contributed by atoms with Crippen LogP contribution in [-0.4, -0.2) is 27.0 Å². The third-order valence-corrected chi connectivity index (χ3v) is 4.81. The topological polar surface area (TPSA) is 76.4 Å². The maximum absolute atomic E-state index is 13.2. The SMILES string of the molecule is C[C@H](NC(=O)O)[C@H](Oc1ccc2c(cnn2-c2ccc(F)cc2)c1)c1ccccc1. The zero-order chi connectivity index (χ0) is 21.1. The van der Waals surface area contributed by atoms with Crippen LogP contribution in [0.2, 0.25) is 0 Å². The third-order valence-electron chi connectivity index (χ3n) is 4.81. The standard InChI is InChI=1S/C23H20FN3O3/c1-15(26-23(28)29)22(16-5-3-2-4-6-16)30-20-11-12-21-17(13-20)14-25-27(21)19-9-7-18(24)8-10-19/h2-15,22,26H,1H3,(H,28,29)/t15-,22-/m0/s1. The van der Waals surface area contributed by atoms with Crippen LogP contribution >= 0.6 is 0 Å². The van der Waals surface area contributed by atoms with Crippen molar-refractivity contribution in [2.75, 3.05) is 0 Å². The Bertz CT molecular complexity index is 1160. The fourth-order valence-corrected chi connectivity index (χ4v) is 3.39. The van der Waals surface area contributed by atoms with Gasteiger partial charge in [0.25, 0.3) is 0 Å². The molecule has 0 bridgehead atoms. The summed E-state index contributed by atoms with van der Waals surface area (Å²) in [6.07, 6.45) is 0.0945. The molecule has 0 radical (unpaired) electrons. The quantitative estimate of drug-likeness (QED) is 0.476. The van der Waals surface area contributed by atoms with Crippen molar-refractivity contribution >= 4 is 17.0 Å². The first-order chi connectivity index (χ1) is 14.5. The second-order valence-corrected chi connectivity index (χ2v) is 6.94. The van der Waals surface area contributed by atoms with Crippen molar-refractivity contribution < 1.29 is 19.0 Å². The number of fused-ring (bicyclic) bond motifs is 1. The summed E-state index contributed by atoms with van der Waals surface area (Å²) in [5, 5.41) is 16.8. The number of aromatic nitrogens is 2. The Balaban J connectivity index is 1.64. The summed E-state index contributed by atoms with van der Waals surface area (Å²) in [4.78, 5) is 11.1. The predicted molar refractivity (Wildman–Crippen MR) is 111 cm³/mol. The summed E-state index contributed by atoms with van der Waals surface area (Å²) in [6.45, 7) is 1.76. The molecule has 0 aliphatic carbocycles. The van der Waals surface area contributed by atoms with Crippen molar-refractivity contribution in [1.82, 2.24) is 15.1 Å². The van der Waals surface area contributed by atoms with Gasteiger partial charge in [0.15, 0.2) is 0 Å². The first-order valence-electron chi connectivity index (χ1n) is 9.46. The Morgan fingerprint density at radius 2 is 1.83 bits per heavy atom. The van der Waals surface area contributed by atoms with Gasteiger partial charge in [-0.3, -0.25) is 0 Å². The van der Waals surface area contributed by atoms with Gasteiger partial charge in [-0.25, -0.2) is 13.9 Å². The van der Waals surface area contributed by atoms with Gasteiger partial charge in [0.2, 0.25) is 0 Å². The molecule has 3 aromatic carbocycles. The second kappa shape index (κ2) is 8.24. The van der Waals surface area contributed by atoms with Gasteiger partial charge in [0.1, 0.15) is 17.7 Å². The highest BCUT2D eigenvalue weighted by Gasteiger charge is 2.23. The summed E-state index contributed by atoms with van der Waals surface area (Å²) in [5.74, 6) is 0.288. The van der Waals surface area contributed by atoms with Crippen molar-refractivity contribution in [3.63, 3.8) is 0 Å². The Morgan fingerprint density at radius 3 is 2.53 bits per heavy atom. The number of nitrogens with one attached hydrogen (secondary N) is 1. The van der Waals surface area contributed by atoms with Gasteiger partial charge in [-0.1, -0.05) is 30.3 Å². The van der Waals surface area contributed by atoms with Gasteiger partial charge in [-0.05, 0) is 55.0 Å². The van der Waals surface area contributed by atoms with Crippen LogP contribution in [-0.2, 0) is 0 Å². The number of carboxylic acid groups (broad SMARTS) is 1. The predicted octanol–water partition coefficient (Wildman–Crippen LogP) is 4.94. The van der Waals surface area contributed by atoms with Crippen LogP contribution in [0.4, 0.5) is 9.18 Å². The number of ether oxygens (including phenoxy) is 1. The molecule has 0 fully saturated rings. The molecular formula is C23H20FN3O3. The van der Waals surface area contributed by atoms with Crippen molar-refractivity contribution in [2.45, 2.75) is 19.1 Å². The smallest absolute Gasteiger partial charge is 0.405 e. The Hall–Kier alpha value is -3.87. The monoisotopic (exact) mass is 405 g/mol. The molecule has 1 amide bonds. The molecule has 4 rings (SSSR count). The largest absolute Gasteiger partial charge is 0.484 e. The molecule has 0 aliphatic rings. The number of halogens is 1. The molecule has 2 atom stereocenters. The number of hydrogen-bond acceptors (Lipinski definition) is 3. The summed E-state index contributed by atoms with van der Waals surface area (Å²) in [5.41, 5.74) is 2.46. The van der Waals surface area contributed by atoms with Crippen molar-refractivity contribution in [2.24, 2.45) is 0 Å². The first-order valence-corrected chi connectivity index (χ1v) is 9.46. The van der Waals surface area contributed by atoms with Crippen LogP contribution in [0.1, 0.15) is 18.6 Å². The minimum Gasteiger partial charge on any atom is -0.484 e. The van der Waals surface area contributed by atoms with E-state index in [9.17, 15) is 9.18 Å². The van der Waals surface area contributed by atoms with Crippen molar-refractivity contribution in [1.29, 1.82) is 0 Å². The van der Waals surface area contributed by atoms with Crippen LogP contribution in [0.3, 0.4) is 0 Å². The lowest BCUT2D eigenvalue weighted by Crippen LogP contribution is -2.38. The minimum atomic E-state index is -1.11. The molecular weight excluding hydrogens is 385 g/mol. The Morgan fingerprint density at radius 1 is 1.10 bits per heavy atom. The number of hydrogen-bond donors (Lipinski definition) is 2. The van der Waals surface area contributed by atoms with Crippen molar-refractivity contribution in [3.8, 4) is 11.4 Å². The number of nitrogens with zero attached hydrogens (tertiary/aromatic N) is 2. The van der Waals surface area contributed by atoms with E-state index >= 15 is 0 Å². The van der Waals surface area contributed by atoms with Crippen LogP contribution in [0, 0.1) is 5.82 Å². The van der Waals surface area contributed by atoms with E-state index in [2.05, 4.69) is 10.4 Å². The molecule has 7 heteroatoms. The van der Waals surface area contributed by atoms with Gasteiger partial charge < -0.3 is 15.2 Å². The summed E-state index contributed by atoms with van der Waals surface area (Å²) < 4.78 is 21.1. The molecule has 30 heavy (non-hydrogen) atoms. The molecule has 0 saturated carbocycles. The number of amides is 1. The zero-order valence-corrected chi connectivity index (χ0v) is 16.2. The highest BCUT2D eigenvalue weighted by atomic mass is 19.1. The fourth-order valence-electron chi connectivity index (χ4n) is 3.39. The van der Waals surface area contributed by atoms with Crippen LogP contribution in [0.15, 0.2) is 79.0 Å². The van der Waals surface area contributed by atoms with E-state index in [-0.39, 0.29) is 5.82 Å². The van der Waals surface area contributed by atoms with E-state index in [0.717, 1.165) is 22.2 Å². The van der Waals surface area contributed by atoms with E-state index in [1.165, 1.54) is 12.1 Å².